The van der Waals surface area contributed by atoms with Gasteiger partial charge >= 0.3 is 6.18 Å². The third-order valence-corrected chi connectivity index (χ3v) is 5.11. The molecular formula is C24H20F3N3O. The zero-order valence-corrected chi connectivity index (χ0v) is 16.9. The van der Waals surface area contributed by atoms with Gasteiger partial charge in [-0.2, -0.15) is 13.2 Å². The van der Waals surface area contributed by atoms with E-state index < -0.39 is 24.8 Å². The van der Waals surface area contributed by atoms with Crippen LogP contribution in [0.25, 0.3) is 28.2 Å². The highest BCUT2D eigenvalue weighted by molar-refractivity contribution is 5.81. The number of imidazole rings is 1. The van der Waals surface area contributed by atoms with E-state index in [1.807, 2.05) is 53.9 Å². The number of carbonyl (C=O) groups excluding carboxylic acids is 1. The molecule has 0 saturated carbocycles. The molecule has 0 aliphatic rings. The summed E-state index contributed by atoms with van der Waals surface area (Å²) < 4.78 is 39.0. The third-order valence-electron chi connectivity index (χ3n) is 5.11. The van der Waals surface area contributed by atoms with E-state index >= 15 is 0 Å². The van der Waals surface area contributed by atoms with Crippen LogP contribution in [0.3, 0.4) is 0 Å². The fourth-order valence-corrected chi connectivity index (χ4v) is 3.57. The number of alkyl halides is 3. The van der Waals surface area contributed by atoms with Gasteiger partial charge in [0.15, 0.2) is 0 Å². The summed E-state index contributed by atoms with van der Waals surface area (Å²) >= 11 is 0. The summed E-state index contributed by atoms with van der Waals surface area (Å²) in [5.41, 5.74) is 6.05. The van der Waals surface area contributed by atoms with Gasteiger partial charge in [-0.1, -0.05) is 24.3 Å². The lowest BCUT2D eigenvalue weighted by molar-refractivity contribution is -0.143. The van der Waals surface area contributed by atoms with Crippen molar-refractivity contribution in [1.82, 2.24) is 14.4 Å². The number of benzene rings is 1. The minimum absolute atomic E-state index is 0.0240. The fourth-order valence-electron chi connectivity index (χ4n) is 3.57. The largest absolute Gasteiger partial charge is 0.389 e. The Hall–Kier alpha value is -3.48. The van der Waals surface area contributed by atoms with Crippen LogP contribution in [0.15, 0.2) is 67.1 Å². The highest BCUT2D eigenvalue weighted by atomic mass is 19.4. The lowest BCUT2D eigenvalue weighted by Gasteiger charge is -2.08. The first-order valence-corrected chi connectivity index (χ1v) is 9.87. The number of carbonyl (C=O) groups is 1. The Morgan fingerprint density at radius 1 is 1.03 bits per heavy atom. The molecule has 4 aromatic rings. The van der Waals surface area contributed by atoms with Crippen molar-refractivity contribution in [2.75, 3.05) is 0 Å². The maximum atomic E-state index is 12.3. The number of fused-ring (bicyclic) bond motifs is 1. The summed E-state index contributed by atoms with van der Waals surface area (Å²) in [7, 11) is 0. The van der Waals surface area contributed by atoms with Crippen molar-refractivity contribution in [2.45, 2.75) is 32.4 Å². The molecule has 0 bridgehead atoms. The van der Waals surface area contributed by atoms with Crippen molar-refractivity contribution in [3.63, 3.8) is 0 Å². The summed E-state index contributed by atoms with van der Waals surface area (Å²) in [4.78, 5) is 20.9. The Labute approximate surface area is 177 Å². The summed E-state index contributed by atoms with van der Waals surface area (Å²) in [5, 5.41) is 0. The first-order valence-electron chi connectivity index (χ1n) is 9.87. The van der Waals surface area contributed by atoms with Crippen LogP contribution in [0.5, 0.6) is 0 Å². The van der Waals surface area contributed by atoms with Crippen molar-refractivity contribution >= 4 is 11.4 Å². The number of aromatic nitrogens is 3. The smallest absolute Gasteiger partial charge is 0.300 e. The van der Waals surface area contributed by atoms with E-state index in [4.69, 9.17) is 0 Å². The number of rotatable bonds is 6. The molecule has 7 heteroatoms. The van der Waals surface area contributed by atoms with Crippen molar-refractivity contribution < 1.29 is 18.0 Å². The van der Waals surface area contributed by atoms with E-state index in [9.17, 15) is 18.0 Å². The van der Waals surface area contributed by atoms with Gasteiger partial charge < -0.3 is 0 Å². The van der Waals surface area contributed by atoms with E-state index in [0.29, 0.717) is 5.56 Å². The molecule has 1 aromatic carbocycles. The fraction of sp³-hybridized carbons (Fsp3) is 0.208. The Bertz CT molecular complexity index is 1240. The molecule has 0 aliphatic heterocycles. The van der Waals surface area contributed by atoms with Crippen LogP contribution in [0.2, 0.25) is 0 Å². The second kappa shape index (κ2) is 8.34. The molecule has 0 saturated heterocycles. The van der Waals surface area contributed by atoms with Gasteiger partial charge in [0, 0.05) is 36.4 Å². The maximum Gasteiger partial charge on any atom is 0.389 e. The van der Waals surface area contributed by atoms with Crippen LogP contribution in [0.1, 0.15) is 24.0 Å². The average molecular weight is 423 g/mol. The van der Waals surface area contributed by atoms with E-state index in [-0.39, 0.29) is 6.42 Å². The first kappa shape index (κ1) is 20.8. The van der Waals surface area contributed by atoms with Crippen molar-refractivity contribution in [3.8, 4) is 22.5 Å². The molecule has 4 rings (SSSR count). The molecule has 0 N–H and O–H groups in total. The van der Waals surface area contributed by atoms with E-state index in [2.05, 4.69) is 9.97 Å². The number of Topliss-reactive ketones (excluding diaryl/α,β-unsaturated/α-hetero) is 1. The average Bonchev–Trinajstić information content (AvgIpc) is 3.16. The molecule has 0 spiro atoms. The molecule has 0 atom stereocenters. The van der Waals surface area contributed by atoms with Gasteiger partial charge in [0.25, 0.3) is 0 Å². The summed E-state index contributed by atoms with van der Waals surface area (Å²) in [6.07, 6.45) is -0.511. The number of nitrogens with zero attached hydrogens (tertiary/aromatic N) is 3. The summed E-state index contributed by atoms with van der Waals surface area (Å²) in [5.74, 6) is -0.428. The van der Waals surface area contributed by atoms with Crippen molar-refractivity contribution in [1.29, 1.82) is 0 Å². The number of aryl methyl sites for hydroxylation is 1. The number of halogens is 3. The second-order valence-electron chi connectivity index (χ2n) is 7.49. The minimum atomic E-state index is -4.32. The zero-order valence-electron chi connectivity index (χ0n) is 16.9. The first-order chi connectivity index (χ1) is 14.8. The van der Waals surface area contributed by atoms with Crippen LogP contribution in [0, 0.1) is 6.92 Å². The van der Waals surface area contributed by atoms with Crippen LogP contribution in [-0.2, 0) is 11.2 Å². The normalized spacial score (nSPS) is 11.7. The molecule has 31 heavy (non-hydrogen) atoms. The molecule has 0 amide bonds. The topological polar surface area (TPSA) is 47.3 Å². The van der Waals surface area contributed by atoms with Crippen LogP contribution in [-0.4, -0.2) is 26.3 Å². The zero-order chi connectivity index (χ0) is 22.0. The summed E-state index contributed by atoms with van der Waals surface area (Å²) in [6.45, 7) is 2.00. The third kappa shape index (κ3) is 4.82. The Kier molecular flexibility index (Phi) is 5.59. The number of pyridine rings is 2. The quantitative estimate of drug-likeness (QED) is 0.392. The monoisotopic (exact) mass is 423 g/mol. The lowest BCUT2D eigenvalue weighted by Crippen LogP contribution is -2.12. The van der Waals surface area contributed by atoms with Crippen LogP contribution in [0.4, 0.5) is 13.2 Å². The highest BCUT2D eigenvalue weighted by Crippen LogP contribution is 2.27. The molecule has 0 unspecified atom stereocenters. The van der Waals surface area contributed by atoms with Crippen molar-refractivity contribution in [3.05, 3.63) is 78.2 Å². The Balaban J connectivity index is 1.59. The SMILES string of the molecule is Cc1cccnc1-c1ccn2c(-c3cccc(CC(=O)CCC(F)(F)F)c3)cnc2c1. The Morgan fingerprint density at radius 2 is 1.87 bits per heavy atom. The van der Waals surface area contributed by atoms with Gasteiger partial charge in [0.05, 0.1) is 24.0 Å². The van der Waals surface area contributed by atoms with Gasteiger partial charge in [-0.25, -0.2) is 4.98 Å². The van der Waals surface area contributed by atoms with Gasteiger partial charge in [-0.15, -0.1) is 0 Å². The van der Waals surface area contributed by atoms with Gasteiger partial charge in [0.1, 0.15) is 11.4 Å². The molecule has 0 aliphatic carbocycles. The maximum absolute atomic E-state index is 12.3. The lowest BCUT2D eigenvalue weighted by atomic mass is 10.0. The molecule has 0 radical (unpaired) electrons. The van der Waals surface area contributed by atoms with Gasteiger partial charge in [-0.3, -0.25) is 14.2 Å². The summed E-state index contributed by atoms with van der Waals surface area (Å²) in [6, 6.07) is 15.1. The second-order valence-corrected chi connectivity index (χ2v) is 7.49. The van der Waals surface area contributed by atoms with Crippen LogP contribution >= 0.6 is 0 Å². The standard InChI is InChI=1S/C24H20F3N3O/c1-16-4-3-10-28-23(16)19-8-11-30-21(15-29-22(30)14-19)18-6-2-5-17(12-18)13-20(31)7-9-24(25,26)27/h2-6,8,10-12,14-15H,7,9,13H2,1H3. The molecule has 4 nitrogen and oxygen atoms in total. The highest BCUT2D eigenvalue weighted by Gasteiger charge is 2.27. The molecule has 0 fully saturated rings. The minimum Gasteiger partial charge on any atom is -0.300 e. The van der Waals surface area contributed by atoms with E-state index in [1.165, 1.54) is 0 Å². The van der Waals surface area contributed by atoms with Crippen LogP contribution < -0.4 is 0 Å². The molecule has 158 valence electrons. The van der Waals surface area contributed by atoms with Gasteiger partial charge in [0.2, 0.25) is 0 Å². The number of hydrogen-bond acceptors (Lipinski definition) is 3. The molecular weight excluding hydrogens is 403 g/mol. The van der Waals surface area contributed by atoms with E-state index in [0.717, 1.165) is 33.7 Å². The van der Waals surface area contributed by atoms with Crippen molar-refractivity contribution in [2.24, 2.45) is 0 Å². The number of hydrogen-bond donors (Lipinski definition) is 0. The molecule has 3 aromatic heterocycles. The van der Waals surface area contributed by atoms with E-state index in [1.54, 1.807) is 24.5 Å². The predicted octanol–water partition coefficient (Wildman–Crippen LogP) is 5.83. The van der Waals surface area contributed by atoms with Gasteiger partial charge in [-0.05, 0) is 42.3 Å². The Morgan fingerprint density at radius 3 is 2.65 bits per heavy atom. The predicted molar refractivity (Wildman–Crippen MR) is 113 cm³/mol. The molecule has 3 heterocycles. The number of ketones is 1.